The maximum Gasteiger partial charge on any atom is 0.145 e. The molecule has 144 valence electrons. The van der Waals surface area contributed by atoms with Gasteiger partial charge in [-0.15, -0.1) is 22.7 Å². The van der Waals surface area contributed by atoms with Crippen LogP contribution in [0, 0.1) is 0 Å². The lowest BCUT2D eigenvalue weighted by molar-refractivity contribution is 1.28. The maximum atomic E-state index is 4.73. The molecule has 0 N–H and O–H groups in total. The van der Waals surface area contributed by atoms with Crippen LogP contribution in [0.25, 0.3) is 67.7 Å². The zero-order chi connectivity index (χ0) is 20.1. The highest BCUT2D eigenvalue weighted by Gasteiger charge is 2.22. The van der Waals surface area contributed by atoms with Gasteiger partial charge in [-0.2, -0.15) is 0 Å². The van der Waals surface area contributed by atoms with Crippen molar-refractivity contribution < 1.29 is 0 Å². The number of imidazole rings is 1. The van der Waals surface area contributed by atoms with E-state index in [1.807, 2.05) is 41.3 Å². The van der Waals surface area contributed by atoms with Gasteiger partial charge in [0.25, 0.3) is 0 Å². The van der Waals surface area contributed by atoms with E-state index in [0.717, 1.165) is 11.0 Å². The lowest BCUT2D eigenvalue weighted by Gasteiger charge is -2.11. The number of hydrogen-bond donors (Lipinski definition) is 0. The topological polar surface area (TPSA) is 30.2 Å². The number of hydrogen-bond acceptors (Lipinski definition) is 4. The Kier molecular flexibility index (Phi) is 2.91. The van der Waals surface area contributed by atoms with Gasteiger partial charge in [0.1, 0.15) is 5.65 Å². The fraction of sp³-hybridized carbons (Fsp3) is 0. The van der Waals surface area contributed by atoms with Crippen LogP contribution in [0.15, 0.2) is 79.4 Å². The minimum absolute atomic E-state index is 0.988. The van der Waals surface area contributed by atoms with E-state index in [4.69, 9.17) is 4.98 Å². The van der Waals surface area contributed by atoms with Gasteiger partial charge in [0, 0.05) is 81.3 Å². The average Bonchev–Trinajstić information content (AvgIpc) is 3.53. The summed E-state index contributed by atoms with van der Waals surface area (Å²) in [4.78, 5) is 9.25. The summed E-state index contributed by atoms with van der Waals surface area (Å²) in [5.74, 6) is 0. The van der Waals surface area contributed by atoms with Gasteiger partial charge in [-0.1, -0.05) is 36.4 Å². The summed E-state index contributed by atoms with van der Waals surface area (Å²) in [6, 6.07) is 19.6. The second-order valence-electron chi connectivity index (χ2n) is 7.87. The first-order valence-electron chi connectivity index (χ1n) is 10.2. The van der Waals surface area contributed by atoms with Crippen molar-refractivity contribution in [2.24, 2.45) is 0 Å². The van der Waals surface area contributed by atoms with E-state index in [1.165, 1.54) is 56.6 Å². The Morgan fingerprint density at radius 2 is 1.32 bits per heavy atom. The molecule has 0 unspecified atom stereocenters. The highest BCUT2D eigenvalue weighted by molar-refractivity contribution is 7.30. The van der Waals surface area contributed by atoms with E-state index in [1.54, 1.807) is 0 Å². The van der Waals surface area contributed by atoms with Crippen molar-refractivity contribution in [3.63, 3.8) is 0 Å². The number of nitrogens with zero attached hydrogens (tertiary/aromatic N) is 3. The third-order valence-electron chi connectivity index (χ3n) is 6.33. The molecule has 0 saturated heterocycles. The van der Waals surface area contributed by atoms with Gasteiger partial charge in [-0.25, -0.2) is 4.98 Å². The SMILES string of the molecule is c1ccc2c(c1)sc1c2c2sc3ccccc3c2c2c1c1cnccc1c1nccn12. The third kappa shape index (κ3) is 1.89. The van der Waals surface area contributed by atoms with Crippen molar-refractivity contribution in [3.05, 3.63) is 79.4 Å². The summed E-state index contributed by atoms with van der Waals surface area (Å²) >= 11 is 3.79. The zero-order valence-corrected chi connectivity index (χ0v) is 17.8. The van der Waals surface area contributed by atoms with Crippen molar-refractivity contribution in [3.8, 4) is 0 Å². The van der Waals surface area contributed by atoms with Gasteiger partial charge >= 0.3 is 0 Å². The Labute approximate surface area is 183 Å². The highest BCUT2D eigenvalue weighted by Crippen LogP contribution is 2.50. The number of pyridine rings is 2. The first-order chi connectivity index (χ1) is 15.4. The monoisotopic (exact) mass is 431 g/mol. The van der Waals surface area contributed by atoms with Crippen LogP contribution in [0.1, 0.15) is 0 Å². The molecule has 3 nitrogen and oxygen atoms in total. The summed E-state index contributed by atoms with van der Waals surface area (Å²) in [5, 5.41) is 8.93. The minimum Gasteiger partial charge on any atom is -0.298 e. The van der Waals surface area contributed by atoms with Crippen LogP contribution in [0.4, 0.5) is 0 Å². The van der Waals surface area contributed by atoms with Gasteiger partial charge in [0.15, 0.2) is 0 Å². The van der Waals surface area contributed by atoms with Gasteiger partial charge in [0.2, 0.25) is 0 Å². The Bertz CT molecular complexity index is 2010. The average molecular weight is 432 g/mol. The molecule has 0 spiro atoms. The molecule has 0 aliphatic rings. The fourth-order valence-corrected chi connectivity index (χ4v) is 7.70. The molecule has 0 atom stereocenters. The molecule has 0 fully saturated rings. The van der Waals surface area contributed by atoms with Gasteiger partial charge in [0.05, 0.1) is 5.52 Å². The van der Waals surface area contributed by atoms with Crippen LogP contribution in [-0.2, 0) is 0 Å². The van der Waals surface area contributed by atoms with Crippen LogP contribution in [0.3, 0.4) is 0 Å². The smallest absolute Gasteiger partial charge is 0.145 e. The molecule has 5 aromatic heterocycles. The number of fused-ring (bicyclic) bond motifs is 15. The molecule has 8 rings (SSSR count). The Morgan fingerprint density at radius 3 is 2.10 bits per heavy atom. The molecule has 31 heavy (non-hydrogen) atoms. The fourth-order valence-electron chi connectivity index (χ4n) is 5.10. The zero-order valence-electron chi connectivity index (χ0n) is 16.2. The van der Waals surface area contributed by atoms with Crippen molar-refractivity contribution >= 4 is 90.3 Å². The maximum absolute atomic E-state index is 4.73. The number of benzene rings is 3. The van der Waals surface area contributed by atoms with Crippen LogP contribution in [0.5, 0.6) is 0 Å². The van der Waals surface area contributed by atoms with Crippen molar-refractivity contribution in [1.82, 2.24) is 14.4 Å². The Balaban J connectivity index is 1.88. The predicted molar refractivity (Wildman–Crippen MR) is 134 cm³/mol. The van der Waals surface area contributed by atoms with Crippen molar-refractivity contribution in [1.29, 1.82) is 0 Å². The van der Waals surface area contributed by atoms with Gasteiger partial charge in [-0.3, -0.25) is 9.38 Å². The standard InChI is InChI=1S/C26H13N3S2/c1-3-7-18-15(5-1)20-23-21(17-13-27-10-9-14(17)26-28-11-12-29(23)26)25-22(24(20)30-18)16-6-2-4-8-19(16)31-25/h1-13H. The van der Waals surface area contributed by atoms with E-state index < -0.39 is 0 Å². The molecule has 3 aromatic carbocycles. The number of thiophene rings is 2. The summed E-state index contributed by atoms with van der Waals surface area (Å²) < 4.78 is 7.62. The van der Waals surface area contributed by atoms with E-state index in [2.05, 4.69) is 70.2 Å². The molecule has 8 aromatic rings. The van der Waals surface area contributed by atoms with Crippen LogP contribution < -0.4 is 0 Å². The summed E-state index contributed by atoms with van der Waals surface area (Å²) in [5.41, 5.74) is 2.22. The number of aromatic nitrogens is 3. The Morgan fingerprint density at radius 1 is 0.645 bits per heavy atom. The molecular formula is C26H13N3S2. The highest BCUT2D eigenvalue weighted by atomic mass is 32.1. The van der Waals surface area contributed by atoms with Gasteiger partial charge < -0.3 is 0 Å². The Hall–Kier alpha value is -3.54. The van der Waals surface area contributed by atoms with Crippen LogP contribution >= 0.6 is 22.7 Å². The lowest BCUT2D eigenvalue weighted by Crippen LogP contribution is -1.92. The third-order valence-corrected chi connectivity index (χ3v) is 8.71. The molecule has 5 heterocycles. The second-order valence-corrected chi connectivity index (χ2v) is 9.97. The molecule has 0 radical (unpaired) electrons. The lowest BCUT2D eigenvalue weighted by atomic mass is 10.00. The normalized spacial score (nSPS) is 12.5. The van der Waals surface area contributed by atoms with E-state index in [0.29, 0.717) is 0 Å². The van der Waals surface area contributed by atoms with Crippen LogP contribution in [-0.4, -0.2) is 14.4 Å². The number of rotatable bonds is 0. The molecule has 0 amide bonds. The quantitative estimate of drug-likeness (QED) is 0.230. The summed E-state index contributed by atoms with van der Waals surface area (Å²) in [7, 11) is 0. The van der Waals surface area contributed by atoms with Gasteiger partial charge in [-0.05, 0) is 18.2 Å². The summed E-state index contributed by atoms with van der Waals surface area (Å²) in [6.45, 7) is 0. The first-order valence-corrected chi connectivity index (χ1v) is 11.8. The minimum atomic E-state index is 0.988. The van der Waals surface area contributed by atoms with Crippen LogP contribution in [0.2, 0.25) is 0 Å². The van der Waals surface area contributed by atoms with Crippen molar-refractivity contribution in [2.45, 2.75) is 0 Å². The first kappa shape index (κ1) is 16.2. The largest absolute Gasteiger partial charge is 0.298 e. The molecule has 0 saturated carbocycles. The second kappa shape index (κ2) is 5.58. The molecule has 0 bridgehead atoms. The molecule has 0 aliphatic heterocycles. The molecular weight excluding hydrogens is 418 g/mol. The predicted octanol–water partition coefficient (Wildman–Crippen LogP) is 7.77. The summed E-state index contributed by atoms with van der Waals surface area (Å²) in [6.07, 6.45) is 7.88. The molecule has 0 aliphatic carbocycles. The van der Waals surface area contributed by atoms with E-state index in [-0.39, 0.29) is 0 Å². The molecule has 5 heteroatoms. The van der Waals surface area contributed by atoms with E-state index in [9.17, 15) is 0 Å². The van der Waals surface area contributed by atoms with E-state index >= 15 is 0 Å². The van der Waals surface area contributed by atoms with Crippen molar-refractivity contribution in [2.75, 3.05) is 0 Å².